The van der Waals surface area contributed by atoms with Gasteiger partial charge in [0.1, 0.15) is 11.9 Å². The van der Waals surface area contributed by atoms with Gasteiger partial charge in [0.15, 0.2) is 0 Å². The summed E-state index contributed by atoms with van der Waals surface area (Å²) in [5.74, 6) is -0.0713. The maximum absolute atomic E-state index is 13.1. The van der Waals surface area contributed by atoms with Crippen LogP contribution in [0.5, 0.6) is 0 Å². The first-order valence-corrected chi connectivity index (χ1v) is 11.3. The van der Waals surface area contributed by atoms with Crippen molar-refractivity contribution in [2.75, 3.05) is 33.3 Å². The number of amides is 1. The highest BCUT2D eigenvalue weighted by Crippen LogP contribution is 2.29. The van der Waals surface area contributed by atoms with E-state index in [-0.39, 0.29) is 24.1 Å². The maximum Gasteiger partial charge on any atom is 0.327 e. The number of piperazine rings is 1. The van der Waals surface area contributed by atoms with E-state index in [2.05, 4.69) is 10.1 Å². The third kappa shape index (κ3) is 5.43. The molecular weight excluding hydrogens is 463 g/mol. The van der Waals surface area contributed by atoms with Gasteiger partial charge in [-0.2, -0.15) is 4.98 Å². The Morgan fingerprint density at radius 2 is 1.82 bits per heavy atom. The van der Waals surface area contributed by atoms with E-state index in [9.17, 15) is 14.0 Å². The normalized spacial score (nSPS) is 15.2. The highest BCUT2D eigenvalue weighted by Gasteiger charge is 2.33. The molecule has 1 amide bonds. The fraction of sp³-hybridized carbons (Fsp3) is 0.333. The maximum atomic E-state index is 13.1. The SMILES string of the molecule is COC(=O)C(c1ccccc1Cl)N1CCN(C(=O)CCc2nc(-c3ccc(F)cc3)no2)CC1. The standard InChI is InChI=1S/C24H24ClFN4O4/c1-33-24(32)22(18-4-2-3-5-19(18)25)30-14-12-29(13-15-30)21(31)11-10-20-27-23(28-34-20)16-6-8-17(26)9-7-16/h2-9,22H,10-15H2,1H3. The van der Waals surface area contributed by atoms with Crippen LogP contribution in [0.25, 0.3) is 11.4 Å². The number of halogens is 2. The predicted octanol–water partition coefficient (Wildman–Crippen LogP) is 3.52. The third-order valence-electron chi connectivity index (χ3n) is 5.78. The summed E-state index contributed by atoms with van der Waals surface area (Å²) in [6, 6.07) is 12.4. The largest absolute Gasteiger partial charge is 0.468 e. The summed E-state index contributed by atoms with van der Waals surface area (Å²) in [5, 5.41) is 4.40. The summed E-state index contributed by atoms with van der Waals surface area (Å²) >= 11 is 6.33. The average molecular weight is 487 g/mol. The van der Waals surface area contributed by atoms with Crippen LogP contribution in [0.3, 0.4) is 0 Å². The highest BCUT2D eigenvalue weighted by atomic mass is 35.5. The van der Waals surface area contributed by atoms with E-state index in [1.54, 1.807) is 23.1 Å². The number of carbonyl (C=O) groups is 2. The summed E-state index contributed by atoms with van der Waals surface area (Å²) in [5.41, 5.74) is 1.32. The van der Waals surface area contributed by atoms with E-state index in [1.165, 1.54) is 19.2 Å². The topological polar surface area (TPSA) is 88.8 Å². The lowest BCUT2D eigenvalue weighted by atomic mass is 10.0. The molecule has 8 nitrogen and oxygen atoms in total. The Morgan fingerprint density at radius 3 is 2.50 bits per heavy atom. The number of benzene rings is 2. The first kappa shape index (κ1) is 23.8. The van der Waals surface area contributed by atoms with Crippen molar-refractivity contribution in [3.63, 3.8) is 0 Å². The number of carbonyl (C=O) groups excluding carboxylic acids is 2. The minimum atomic E-state index is -0.626. The summed E-state index contributed by atoms with van der Waals surface area (Å²) in [7, 11) is 1.35. The van der Waals surface area contributed by atoms with Crippen LogP contribution in [0, 0.1) is 5.82 Å². The van der Waals surface area contributed by atoms with Crippen molar-refractivity contribution in [3.05, 3.63) is 70.8 Å². The van der Waals surface area contributed by atoms with Gasteiger partial charge in [0, 0.05) is 49.6 Å². The molecule has 1 unspecified atom stereocenters. The van der Waals surface area contributed by atoms with E-state index in [0.29, 0.717) is 60.5 Å². The number of hydrogen-bond donors (Lipinski definition) is 0. The number of aryl methyl sites for hydroxylation is 1. The Hall–Kier alpha value is -3.30. The number of methoxy groups -OCH3 is 1. The number of esters is 1. The fourth-order valence-electron chi connectivity index (χ4n) is 3.96. The van der Waals surface area contributed by atoms with Crippen molar-refractivity contribution in [1.82, 2.24) is 19.9 Å². The molecule has 0 saturated carbocycles. The molecule has 0 spiro atoms. The van der Waals surface area contributed by atoms with Crippen LogP contribution in [0.2, 0.25) is 5.02 Å². The summed E-state index contributed by atoms with van der Waals surface area (Å²) < 4.78 is 23.3. The Balaban J connectivity index is 1.32. The van der Waals surface area contributed by atoms with E-state index in [1.807, 2.05) is 23.1 Å². The third-order valence-corrected chi connectivity index (χ3v) is 6.12. The van der Waals surface area contributed by atoms with Crippen LogP contribution in [0.1, 0.15) is 23.9 Å². The smallest absolute Gasteiger partial charge is 0.327 e. The van der Waals surface area contributed by atoms with Crippen molar-refractivity contribution in [1.29, 1.82) is 0 Å². The zero-order valence-corrected chi connectivity index (χ0v) is 19.4. The van der Waals surface area contributed by atoms with E-state index in [4.69, 9.17) is 20.9 Å². The van der Waals surface area contributed by atoms with Gasteiger partial charge < -0.3 is 14.2 Å². The quantitative estimate of drug-likeness (QED) is 0.472. The van der Waals surface area contributed by atoms with Crippen molar-refractivity contribution >= 4 is 23.5 Å². The van der Waals surface area contributed by atoms with E-state index in [0.717, 1.165) is 0 Å². The fourth-order valence-corrected chi connectivity index (χ4v) is 4.19. The lowest BCUT2D eigenvalue weighted by Crippen LogP contribution is -2.51. The first-order chi connectivity index (χ1) is 16.5. The lowest BCUT2D eigenvalue weighted by Gasteiger charge is -2.38. The number of nitrogens with zero attached hydrogens (tertiary/aromatic N) is 4. The van der Waals surface area contributed by atoms with E-state index >= 15 is 0 Å². The zero-order chi connectivity index (χ0) is 24.1. The average Bonchev–Trinajstić information content (AvgIpc) is 3.33. The highest BCUT2D eigenvalue weighted by molar-refractivity contribution is 6.31. The van der Waals surface area contributed by atoms with Gasteiger partial charge in [-0.25, -0.2) is 9.18 Å². The molecule has 0 radical (unpaired) electrons. The molecular formula is C24H24ClFN4O4. The van der Waals surface area contributed by atoms with Crippen LogP contribution in [-0.4, -0.2) is 65.1 Å². The molecule has 3 aromatic rings. The van der Waals surface area contributed by atoms with Crippen LogP contribution in [0.15, 0.2) is 53.1 Å². The second-order valence-corrected chi connectivity index (χ2v) is 8.29. The zero-order valence-electron chi connectivity index (χ0n) is 18.6. The van der Waals surface area contributed by atoms with Crippen molar-refractivity contribution in [2.24, 2.45) is 0 Å². The van der Waals surface area contributed by atoms with Gasteiger partial charge in [-0.1, -0.05) is 35.0 Å². The summed E-state index contributed by atoms with van der Waals surface area (Å²) in [6.45, 7) is 1.96. The molecule has 1 saturated heterocycles. The van der Waals surface area contributed by atoms with Crippen molar-refractivity contribution in [3.8, 4) is 11.4 Å². The molecule has 1 fully saturated rings. The molecule has 4 rings (SSSR count). The monoisotopic (exact) mass is 486 g/mol. The van der Waals surface area contributed by atoms with Crippen LogP contribution in [0.4, 0.5) is 4.39 Å². The van der Waals surface area contributed by atoms with Gasteiger partial charge in [0.2, 0.25) is 17.6 Å². The predicted molar refractivity (Wildman–Crippen MR) is 122 cm³/mol. The van der Waals surface area contributed by atoms with Crippen LogP contribution < -0.4 is 0 Å². The number of rotatable bonds is 7. The van der Waals surface area contributed by atoms with Crippen molar-refractivity contribution in [2.45, 2.75) is 18.9 Å². The molecule has 0 aliphatic carbocycles. The second kappa shape index (κ2) is 10.8. The molecule has 1 atom stereocenters. The van der Waals surface area contributed by atoms with Gasteiger partial charge in [-0.15, -0.1) is 0 Å². The molecule has 178 valence electrons. The first-order valence-electron chi connectivity index (χ1n) is 10.9. The number of hydrogen-bond acceptors (Lipinski definition) is 7. The molecule has 0 bridgehead atoms. The molecule has 10 heteroatoms. The van der Waals surface area contributed by atoms with Gasteiger partial charge in [0.25, 0.3) is 0 Å². The minimum Gasteiger partial charge on any atom is -0.468 e. The van der Waals surface area contributed by atoms with Crippen molar-refractivity contribution < 1.29 is 23.2 Å². The van der Waals surface area contributed by atoms with Gasteiger partial charge >= 0.3 is 5.97 Å². The molecule has 0 N–H and O–H groups in total. The summed E-state index contributed by atoms with van der Waals surface area (Å²) in [4.78, 5) is 33.3. The van der Waals surface area contributed by atoms with Gasteiger partial charge in [-0.05, 0) is 35.9 Å². The van der Waals surface area contributed by atoms with Crippen LogP contribution in [-0.2, 0) is 20.7 Å². The van der Waals surface area contributed by atoms with Gasteiger partial charge in [0.05, 0.1) is 7.11 Å². The molecule has 1 aromatic heterocycles. The lowest BCUT2D eigenvalue weighted by molar-refractivity contribution is -0.148. The molecule has 2 aromatic carbocycles. The number of ether oxygens (including phenoxy) is 1. The minimum absolute atomic E-state index is 0.0338. The summed E-state index contributed by atoms with van der Waals surface area (Å²) in [6.07, 6.45) is 0.521. The molecule has 1 aliphatic heterocycles. The molecule has 34 heavy (non-hydrogen) atoms. The van der Waals surface area contributed by atoms with Crippen LogP contribution >= 0.6 is 11.6 Å². The Morgan fingerprint density at radius 1 is 1.12 bits per heavy atom. The second-order valence-electron chi connectivity index (χ2n) is 7.88. The molecule has 1 aliphatic rings. The Labute approximate surface area is 201 Å². The molecule has 2 heterocycles. The van der Waals surface area contributed by atoms with E-state index < -0.39 is 6.04 Å². The Kier molecular flexibility index (Phi) is 7.54. The Bertz CT molecular complexity index is 1150. The number of aromatic nitrogens is 2. The van der Waals surface area contributed by atoms with Gasteiger partial charge in [-0.3, -0.25) is 9.69 Å².